The quantitative estimate of drug-likeness (QED) is 0.840. The smallest absolute Gasteiger partial charge is 0.224 e. The number of methoxy groups -OCH3 is 2. The first kappa shape index (κ1) is 17.3. The minimum Gasteiger partial charge on any atom is -0.493 e. The number of carbonyl (C=O) groups excluding carboxylic acids is 1. The van der Waals surface area contributed by atoms with Gasteiger partial charge in [-0.3, -0.25) is 4.79 Å². The molecule has 0 atom stereocenters. The summed E-state index contributed by atoms with van der Waals surface area (Å²) in [7, 11) is 3.20. The molecule has 132 valence electrons. The van der Waals surface area contributed by atoms with Crippen molar-refractivity contribution >= 4 is 5.91 Å². The van der Waals surface area contributed by atoms with E-state index in [4.69, 9.17) is 9.47 Å². The van der Waals surface area contributed by atoms with Crippen LogP contribution in [0.15, 0.2) is 48.5 Å². The van der Waals surface area contributed by atoms with Crippen LogP contribution in [0.1, 0.15) is 30.4 Å². The predicted molar refractivity (Wildman–Crippen MR) is 98.2 cm³/mol. The minimum atomic E-state index is 0.0365. The third kappa shape index (κ3) is 3.78. The van der Waals surface area contributed by atoms with E-state index in [1.165, 1.54) is 12.0 Å². The number of rotatable bonds is 7. The van der Waals surface area contributed by atoms with Crippen LogP contribution in [0.5, 0.6) is 11.5 Å². The van der Waals surface area contributed by atoms with Gasteiger partial charge in [0.25, 0.3) is 0 Å². The lowest BCUT2D eigenvalue weighted by Crippen LogP contribution is -2.45. The molecule has 0 radical (unpaired) electrons. The normalized spacial score (nSPS) is 15.1. The second-order valence-electron chi connectivity index (χ2n) is 6.64. The van der Waals surface area contributed by atoms with Crippen molar-refractivity contribution in [3.05, 3.63) is 59.7 Å². The lowest BCUT2D eigenvalue weighted by Gasteiger charge is -2.42. The molecule has 2 aromatic carbocycles. The second kappa shape index (κ2) is 7.60. The van der Waals surface area contributed by atoms with Gasteiger partial charge in [0.05, 0.1) is 20.6 Å². The largest absolute Gasteiger partial charge is 0.493 e. The maximum absolute atomic E-state index is 12.4. The van der Waals surface area contributed by atoms with Gasteiger partial charge in [-0.2, -0.15) is 0 Å². The summed E-state index contributed by atoms with van der Waals surface area (Å²) in [6.07, 6.45) is 3.83. The molecule has 0 heterocycles. The van der Waals surface area contributed by atoms with Crippen LogP contribution < -0.4 is 14.8 Å². The fourth-order valence-corrected chi connectivity index (χ4v) is 3.47. The van der Waals surface area contributed by atoms with Crippen LogP contribution in [0, 0.1) is 0 Å². The molecule has 0 saturated heterocycles. The first-order chi connectivity index (χ1) is 12.2. The molecule has 0 unspecified atom stereocenters. The van der Waals surface area contributed by atoms with Crippen LogP contribution in [0.3, 0.4) is 0 Å². The number of ether oxygens (including phenoxy) is 2. The lowest BCUT2D eigenvalue weighted by molar-refractivity contribution is -0.120. The topological polar surface area (TPSA) is 47.6 Å². The second-order valence-corrected chi connectivity index (χ2v) is 6.64. The first-order valence-electron chi connectivity index (χ1n) is 8.70. The highest BCUT2D eigenvalue weighted by atomic mass is 16.5. The number of hydrogen-bond donors (Lipinski definition) is 1. The van der Waals surface area contributed by atoms with Gasteiger partial charge in [-0.05, 0) is 36.1 Å². The summed E-state index contributed by atoms with van der Waals surface area (Å²) in [6, 6.07) is 16.1. The van der Waals surface area contributed by atoms with E-state index in [1.54, 1.807) is 14.2 Å². The molecule has 0 bridgehead atoms. The van der Waals surface area contributed by atoms with Crippen LogP contribution in [0.4, 0.5) is 0 Å². The van der Waals surface area contributed by atoms with Crippen molar-refractivity contribution in [1.82, 2.24) is 5.32 Å². The molecule has 1 amide bonds. The summed E-state index contributed by atoms with van der Waals surface area (Å²) < 4.78 is 10.5. The zero-order valence-corrected chi connectivity index (χ0v) is 14.9. The van der Waals surface area contributed by atoms with Gasteiger partial charge in [-0.15, -0.1) is 0 Å². The van der Waals surface area contributed by atoms with Crippen molar-refractivity contribution in [1.29, 1.82) is 0 Å². The Bertz CT molecular complexity index is 723. The first-order valence-corrected chi connectivity index (χ1v) is 8.70. The zero-order valence-electron chi connectivity index (χ0n) is 14.9. The molecule has 1 saturated carbocycles. The fourth-order valence-electron chi connectivity index (χ4n) is 3.47. The minimum absolute atomic E-state index is 0.0365. The maximum Gasteiger partial charge on any atom is 0.224 e. The molecule has 1 fully saturated rings. The van der Waals surface area contributed by atoms with Crippen molar-refractivity contribution in [3.8, 4) is 11.5 Å². The van der Waals surface area contributed by atoms with Gasteiger partial charge in [0.2, 0.25) is 5.91 Å². The van der Waals surface area contributed by atoms with E-state index in [2.05, 4.69) is 29.6 Å². The number of nitrogens with one attached hydrogen (secondary N) is 1. The van der Waals surface area contributed by atoms with Crippen LogP contribution >= 0.6 is 0 Å². The molecule has 2 aromatic rings. The standard InChI is InChI=1S/C21H25NO3/c1-24-18-10-9-16(13-19(18)25-2)14-20(23)22-15-21(11-6-12-21)17-7-4-3-5-8-17/h3-5,7-10,13H,6,11-12,14-15H2,1-2H3,(H,22,23). The van der Waals surface area contributed by atoms with Crippen molar-refractivity contribution in [2.24, 2.45) is 0 Å². The van der Waals surface area contributed by atoms with E-state index in [1.807, 2.05) is 24.3 Å². The Morgan fingerprint density at radius 1 is 1.04 bits per heavy atom. The molecule has 4 nitrogen and oxygen atoms in total. The average Bonchev–Trinajstić information content (AvgIpc) is 2.61. The van der Waals surface area contributed by atoms with E-state index in [-0.39, 0.29) is 11.3 Å². The molecule has 0 spiro atoms. The highest BCUT2D eigenvalue weighted by Gasteiger charge is 2.38. The van der Waals surface area contributed by atoms with E-state index < -0.39 is 0 Å². The van der Waals surface area contributed by atoms with Gasteiger partial charge in [0.1, 0.15) is 0 Å². The monoisotopic (exact) mass is 339 g/mol. The van der Waals surface area contributed by atoms with Gasteiger partial charge in [0.15, 0.2) is 11.5 Å². The van der Waals surface area contributed by atoms with Gasteiger partial charge in [-0.25, -0.2) is 0 Å². The molecule has 1 N–H and O–H groups in total. The van der Waals surface area contributed by atoms with Gasteiger partial charge in [-0.1, -0.05) is 42.8 Å². The average molecular weight is 339 g/mol. The van der Waals surface area contributed by atoms with E-state index in [9.17, 15) is 4.79 Å². The lowest BCUT2D eigenvalue weighted by atomic mass is 9.64. The van der Waals surface area contributed by atoms with E-state index in [0.29, 0.717) is 24.5 Å². The summed E-state index contributed by atoms with van der Waals surface area (Å²) in [6.45, 7) is 0.698. The number of benzene rings is 2. The number of hydrogen-bond acceptors (Lipinski definition) is 3. The molecular formula is C21H25NO3. The molecule has 0 aliphatic heterocycles. The van der Waals surface area contributed by atoms with Crippen molar-refractivity contribution < 1.29 is 14.3 Å². The Balaban J connectivity index is 1.61. The third-order valence-corrected chi connectivity index (χ3v) is 5.13. The van der Waals surface area contributed by atoms with Gasteiger partial charge < -0.3 is 14.8 Å². The highest BCUT2D eigenvalue weighted by molar-refractivity contribution is 5.79. The summed E-state index contributed by atoms with van der Waals surface area (Å²) in [5, 5.41) is 3.13. The summed E-state index contributed by atoms with van der Waals surface area (Å²) in [4.78, 5) is 12.4. The van der Waals surface area contributed by atoms with Gasteiger partial charge in [0, 0.05) is 12.0 Å². The van der Waals surface area contributed by atoms with E-state index in [0.717, 1.165) is 18.4 Å². The van der Waals surface area contributed by atoms with Crippen molar-refractivity contribution in [3.63, 3.8) is 0 Å². The molecule has 3 rings (SSSR count). The highest BCUT2D eigenvalue weighted by Crippen LogP contribution is 2.43. The van der Waals surface area contributed by atoms with Crippen LogP contribution in [0.2, 0.25) is 0 Å². The fraction of sp³-hybridized carbons (Fsp3) is 0.381. The Morgan fingerprint density at radius 3 is 2.36 bits per heavy atom. The van der Waals surface area contributed by atoms with Crippen molar-refractivity contribution in [2.75, 3.05) is 20.8 Å². The number of amides is 1. The molecule has 25 heavy (non-hydrogen) atoms. The third-order valence-electron chi connectivity index (χ3n) is 5.13. The Hall–Kier alpha value is -2.49. The Kier molecular flexibility index (Phi) is 5.27. The van der Waals surface area contributed by atoms with Gasteiger partial charge >= 0.3 is 0 Å². The Morgan fingerprint density at radius 2 is 1.76 bits per heavy atom. The van der Waals surface area contributed by atoms with Crippen LogP contribution in [0.25, 0.3) is 0 Å². The zero-order chi connectivity index (χ0) is 17.7. The summed E-state index contributed by atoms with van der Waals surface area (Å²) >= 11 is 0. The Labute approximate surface area is 149 Å². The van der Waals surface area contributed by atoms with Crippen LogP contribution in [-0.2, 0) is 16.6 Å². The maximum atomic E-state index is 12.4. The molecule has 4 heteroatoms. The van der Waals surface area contributed by atoms with Crippen molar-refractivity contribution in [2.45, 2.75) is 31.1 Å². The summed E-state index contributed by atoms with van der Waals surface area (Å²) in [5.41, 5.74) is 2.35. The van der Waals surface area contributed by atoms with Crippen LogP contribution in [-0.4, -0.2) is 26.7 Å². The molecule has 1 aliphatic rings. The molecular weight excluding hydrogens is 314 g/mol. The molecule has 0 aromatic heterocycles. The summed E-state index contributed by atoms with van der Waals surface area (Å²) in [5.74, 6) is 1.35. The molecule has 1 aliphatic carbocycles. The predicted octanol–water partition coefficient (Wildman–Crippen LogP) is 3.48. The van der Waals surface area contributed by atoms with E-state index >= 15 is 0 Å². The number of carbonyl (C=O) groups is 1. The SMILES string of the molecule is COc1ccc(CC(=O)NCC2(c3ccccc3)CCC2)cc1OC.